The highest BCUT2D eigenvalue weighted by atomic mass is 127. The first-order valence-electron chi connectivity index (χ1n) is 5.82. The van der Waals surface area contributed by atoms with Crippen molar-refractivity contribution >= 4 is 39.9 Å². The van der Waals surface area contributed by atoms with Crippen molar-refractivity contribution in [1.82, 2.24) is 0 Å². The fourth-order valence-corrected chi connectivity index (χ4v) is 2.21. The smallest absolute Gasteiger partial charge is 0.306 e. The first-order valence-corrected chi connectivity index (χ1v) is 6.90. The number of non-ortho nitro benzene ring substituents is 1. The predicted octanol–water partition coefficient (Wildman–Crippen LogP) is 3.11. The SMILES string of the molecule is CC(CCCNc1ccc([N+](=O)[O-])cc1I)C(=O)O. The highest BCUT2D eigenvalue weighted by Crippen LogP contribution is 2.23. The van der Waals surface area contributed by atoms with Crippen LogP contribution in [0.25, 0.3) is 0 Å². The topological polar surface area (TPSA) is 92.5 Å². The van der Waals surface area contributed by atoms with E-state index in [9.17, 15) is 14.9 Å². The zero-order chi connectivity index (χ0) is 14.4. The minimum absolute atomic E-state index is 0.0643. The van der Waals surface area contributed by atoms with Gasteiger partial charge in [-0.1, -0.05) is 6.92 Å². The number of nitro benzene ring substituents is 1. The number of nitrogens with one attached hydrogen (secondary N) is 1. The summed E-state index contributed by atoms with van der Waals surface area (Å²) < 4.78 is 0.776. The lowest BCUT2D eigenvalue weighted by Crippen LogP contribution is -2.11. The van der Waals surface area contributed by atoms with Crippen LogP contribution in [0.3, 0.4) is 0 Å². The second kappa shape index (κ2) is 7.27. The molecule has 0 aliphatic heterocycles. The van der Waals surface area contributed by atoms with Gasteiger partial charge in [-0.25, -0.2) is 0 Å². The van der Waals surface area contributed by atoms with Gasteiger partial charge in [0.05, 0.1) is 10.8 Å². The van der Waals surface area contributed by atoms with E-state index in [2.05, 4.69) is 5.32 Å². The number of nitrogens with zero attached hydrogens (tertiary/aromatic N) is 1. The van der Waals surface area contributed by atoms with Gasteiger partial charge in [0, 0.05) is 27.9 Å². The van der Waals surface area contributed by atoms with Crippen LogP contribution in [0.1, 0.15) is 19.8 Å². The summed E-state index contributed by atoms with van der Waals surface area (Å²) in [6.45, 7) is 2.32. The lowest BCUT2D eigenvalue weighted by atomic mass is 10.1. The van der Waals surface area contributed by atoms with Crippen LogP contribution >= 0.6 is 22.6 Å². The fourth-order valence-electron chi connectivity index (χ4n) is 1.52. The number of nitro groups is 1. The van der Waals surface area contributed by atoms with E-state index in [4.69, 9.17) is 5.11 Å². The maximum absolute atomic E-state index is 10.6. The third-order valence-corrected chi connectivity index (χ3v) is 3.61. The van der Waals surface area contributed by atoms with Gasteiger partial charge in [-0.2, -0.15) is 0 Å². The number of carboxylic acids is 1. The van der Waals surface area contributed by atoms with Crippen LogP contribution in [0.4, 0.5) is 11.4 Å². The fraction of sp³-hybridized carbons (Fsp3) is 0.417. The Labute approximate surface area is 124 Å². The summed E-state index contributed by atoms with van der Waals surface area (Å²) >= 11 is 2.03. The average Bonchev–Trinajstić information content (AvgIpc) is 2.35. The lowest BCUT2D eigenvalue weighted by molar-refractivity contribution is -0.384. The Bertz CT molecular complexity index is 479. The molecular weight excluding hydrogens is 363 g/mol. The van der Waals surface area contributed by atoms with Crippen molar-refractivity contribution < 1.29 is 14.8 Å². The standard InChI is InChI=1S/C12H15IN2O4/c1-8(12(16)17)3-2-6-14-11-5-4-9(15(18)19)7-10(11)13/h4-5,7-8,14H,2-3,6H2,1H3,(H,16,17). The maximum Gasteiger partial charge on any atom is 0.306 e. The number of hydrogen-bond acceptors (Lipinski definition) is 4. The Hall–Kier alpha value is -1.38. The van der Waals surface area contributed by atoms with Crippen LogP contribution in [0.5, 0.6) is 0 Å². The molecule has 1 atom stereocenters. The molecule has 0 bridgehead atoms. The molecule has 1 aromatic rings. The van der Waals surface area contributed by atoms with Crippen LogP contribution < -0.4 is 5.32 Å². The maximum atomic E-state index is 10.6. The van der Waals surface area contributed by atoms with E-state index >= 15 is 0 Å². The van der Waals surface area contributed by atoms with Crippen molar-refractivity contribution in [2.75, 3.05) is 11.9 Å². The lowest BCUT2D eigenvalue weighted by Gasteiger charge is -2.09. The van der Waals surface area contributed by atoms with Gasteiger partial charge in [0.2, 0.25) is 0 Å². The van der Waals surface area contributed by atoms with Gasteiger partial charge in [-0.05, 0) is 41.5 Å². The molecule has 0 aliphatic rings. The molecule has 0 spiro atoms. The van der Waals surface area contributed by atoms with E-state index in [1.165, 1.54) is 12.1 Å². The second-order valence-electron chi connectivity index (χ2n) is 4.23. The van der Waals surface area contributed by atoms with Gasteiger partial charge in [-0.15, -0.1) is 0 Å². The van der Waals surface area contributed by atoms with E-state index in [-0.39, 0.29) is 11.6 Å². The number of carbonyl (C=O) groups is 1. The molecule has 2 N–H and O–H groups in total. The largest absolute Gasteiger partial charge is 0.481 e. The molecule has 0 aromatic heterocycles. The van der Waals surface area contributed by atoms with E-state index < -0.39 is 10.9 Å². The van der Waals surface area contributed by atoms with Gasteiger partial charge < -0.3 is 10.4 Å². The summed E-state index contributed by atoms with van der Waals surface area (Å²) in [5.74, 6) is -1.14. The van der Waals surface area contributed by atoms with Crippen LogP contribution in [-0.2, 0) is 4.79 Å². The molecule has 19 heavy (non-hydrogen) atoms. The van der Waals surface area contributed by atoms with E-state index in [0.717, 1.165) is 15.7 Å². The quantitative estimate of drug-likeness (QED) is 0.329. The number of halogens is 1. The van der Waals surface area contributed by atoms with E-state index in [1.807, 2.05) is 22.6 Å². The molecule has 0 saturated heterocycles. The summed E-state index contributed by atoms with van der Waals surface area (Å²) in [6.07, 6.45) is 1.34. The van der Waals surface area contributed by atoms with Crippen molar-refractivity contribution in [2.45, 2.75) is 19.8 Å². The molecule has 1 unspecified atom stereocenters. The minimum atomic E-state index is -0.787. The summed E-state index contributed by atoms with van der Waals surface area (Å²) in [4.78, 5) is 20.8. The van der Waals surface area contributed by atoms with Crippen molar-refractivity contribution in [1.29, 1.82) is 0 Å². The predicted molar refractivity (Wildman–Crippen MR) is 80.3 cm³/mol. The molecule has 0 heterocycles. The number of aliphatic carboxylic acids is 1. The van der Waals surface area contributed by atoms with Gasteiger partial charge in [-0.3, -0.25) is 14.9 Å². The number of hydrogen-bond donors (Lipinski definition) is 2. The number of rotatable bonds is 7. The first kappa shape index (κ1) is 15.7. The molecule has 6 nitrogen and oxygen atoms in total. The highest BCUT2D eigenvalue weighted by Gasteiger charge is 2.11. The van der Waals surface area contributed by atoms with E-state index in [1.54, 1.807) is 13.0 Å². The minimum Gasteiger partial charge on any atom is -0.481 e. The molecule has 104 valence electrons. The highest BCUT2D eigenvalue weighted by molar-refractivity contribution is 14.1. The van der Waals surface area contributed by atoms with Gasteiger partial charge >= 0.3 is 5.97 Å². The molecule has 7 heteroatoms. The van der Waals surface area contributed by atoms with Crippen molar-refractivity contribution in [3.63, 3.8) is 0 Å². The summed E-state index contributed by atoms with van der Waals surface area (Å²) in [7, 11) is 0. The van der Waals surface area contributed by atoms with Crippen molar-refractivity contribution in [2.24, 2.45) is 5.92 Å². The Morgan fingerprint density at radius 1 is 1.58 bits per heavy atom. The normalized spacial score (nSPS) is 11.9. The van der Waals surface area contributed by atoms with Crippen molar-refractivity contribution in [3.05, 3.63) is 31.9 Å². The summed E-state index contributed by atoms with van der Waals surface area (Å²) in [5, 5.41) is 22.5. The Balaban J connectivity index is 2.46. The zero-order valence-corrected chi connectivity index (χ0v) is 12.6. The van der Waals surface area contributed by atoms with Crippen LogP contribution in [0.2, 0.25) is 0 Å². The zero-order valence-electron chi connectivity index (χ0n) is 10.4. The Kier molecular flexibility index (Phi) is 6.00. The van der Waals surface area contributed by atoms with E-state index in [0.29, 0.717) is 13.0 Å². The van der Waals surface area contributed by atoms with Crippen molar-refractivity contribution in [3.8, 4) is 0 Å². The monoisotopic (exact) mass is 378 g/mol. The van der Waals surface area contributed by atoms with Crippen LogP contribution in [0.15, 0.2) is 18.2 Å². The summed E-state index contributed by atoms with van der Waals surface area (Å²) in [5.41, 5.74) is 0.892. The molecule has 0 saturated carbocycles. The van der Waals surface area contributed by atoms with Gasteiger partial charge in [0.25, 0.3) is 5.69 Å². The Morgan fingerprint density at radius 2 is 2.26 bits per heavy atom. The molecule has 0 fully saturated rings. The molecule has 0 aliphatic carbocycles. The second-order valence-corrected chi connectivity index (χ2v) is 5.39. The number of carboxylic acid groups (broad SMARTS) is 1. The molecule has 0 amide bonds. The van der Waals surface area contributed by atoms with Gasteiger partial charge in [0.15, 0.2) is 0 Å². The molecular formula is C12H15IN2O4. The van der Waals surface area contributed by atoms with Crippen LogP contribution in [0, 0.1) is 19.6 Å². The number of anilines is 1. The average molecular weight is 378 g/mol. The van der Waals surface area contributed by atoms with Crippen LogP contribution in [-0.4, -0.2) is 22.5 Å². The molecule has 1 rings (SSSR count). The third-order valence-electron chi connectivity index (χ3n) is 2.71. The number of benzene rings is 1. The summed E-state index contributed by atoms with van der Waals surface area (Å²) in [6, 6.07) is 4.62. The first-order chi connectivity index (χ1) is 8.91. The third kappa shape index (κ3) is 5.01. The molecule has 0 radical (unpaired) electrons. The van der Waals surface area contributed by atoms with Gasteiger partial charge in [0.1, 0.15) is 0 Å². The Morgan fingerprint density at radius 3 is 2.79 bits per heavy atom. The molecule has 1 aromatic carbocycles.